The van der Waals surface area contributed by atoms with Gasteiger partial charge in [-0.05, 0) is 83.6 Å². The quantitative estimate of drug-likeness (QED) is 0.197. The van der Waals surface area contributed by atoms with E-state index in [-0.39, 0.29) is 28.8 Å². The Labute approximate surface area is 287 Å². The fourth-order valence-corrected chi connectivity index (χ4v) is 5.98. The van der Waals surface area contributed by atoms with E-state index in [0.29, 0.717) is 52.7 Å². The highest BCUT2D eigenvalue weighted by Crippen LogP contribution is 2.32. The van der Waals surface area contributed by atoms with Gasteiger partial charge in [-0.3, -0.25) is 14.9 Å². The summed E-state index contributed by atoms with van der Waals surface area (Å²) in [6.07, 6.45) is 6.20. The lowest BCUT2D eigenvalue weighted by atomic mass is 9.89. The van der Waals surface area contributed by atoms with Gasteiger partial charge >= 0.3 is 6.09 Å². The van der Waals surface area contributed by atoms with Crippen LogP contribution >= 0.6 is 23.2 Å². The standard InChI is InChI=1S/C33H35Cl2N9O4/c1-20(2)32(46)43-14-4-5-21(18-43)15-27(38-30(45)13-8-23-16-24(34)9-12-29(23)44-19-36-41-42-44)28-17-26(31(35)40-39-28)22-6-10-25(11-7-22)37-33(47)48-3/h6-13,16-17,19-21,27H,4-5,14-15,18H2,1-3H3,(H,37,47)(H,38,45)/b13-8+/t21-,27-/m0/s1. The molecule has 4 aromatic rings. The average molecular weight is 693 g/mol. The monoisotopic (exact) mass is 691 g/mol. The number of carbonyl (C=O) groups is 3. The molecule has 1 aliphatic rings. The average Bonchev–Trinajstić information content (AvgIpc) is 3.62. The van der Waals surface area contributed by atoms with Crippen LogP contribution in [0.15, 0.2) is 60.9 Å². The van der Waals surface area contributed by atoms with E-state index in [0.717, 1.165) is 18.4 Å². The van der Waals surface area contributed by atoms with Crippen LogP contribution in [-0.2, 0) is 14.3 Å². The molecule has 2 aromatic heterocycles. The lowest BCUT2D eigenvalue weighted by molar-refractivity contribution is -0.136. The van der Waals surface area contributed by atoms with Crippen molar-refractivity contribution in [1.82, 2.24) is 40.6 Å². The Hall–Kier alpha value is -4.88. The van der Waals surface area contributed by atoms with E-state index in [1.54, 1.807) is 54.6 Å². The molecule has 5 rings (SSSR count). The number of aromatic nitrogens is 6. The van der Waals surface area contributed by atoms with Crippen molar-refractivity contribution >= 4 is 52.9 Å². The second-order valence-corrected chi connectivity index (χ2v) is 12.5. The zero-order valence-electron chi connectivity index (χ0n) is 26.6. The molecule has 2 atom stereocenters. The molecule has 0 bridgehead atoms. The number of tetrazole rings is 1. The molecule has 250 valence electrons. The maximum atomic E-state index is 13.5. The number of anilines is 1. The minimum absolute atomic E-state index is 0.104. The van der Waals surface area contributed by atoms with Crippen LogP contribution in [0.3, 0.4) is 0 Å². The number of halogens is 2. The molecule has 0 unspecified atom stereocenters. The molecule has 15 heteroatoms. The number of methoxy groups -OCH3 is 1. The van der Waals surface area contributed by atoms with Crippen LogP contribution in [0.2, 0.25) is 10.2 Å². The second kappa shape index (κ2) is 15.8. The summed E-state index contributed by atoms with van der Waals surface area (Å²) >= 11 is 12.8. The van der Waals surface area contributed by atoms with Crippen LogP contribution in [0.5, 0.6) is 0 Å². The van der Waals surface area contributed by atoms with Gasteiger partial charge in [0.25, 0.3) is 0 Å². The number of piperidine rings is 1. The van der Waals surface area contributed by atoms with Crippen LogP contribution in [0, 0.1) is 11.8 Å². The van der Waals surface area contributed by atoms with Gasteiger partial charge in [-0.15, -0.1) is 10.2 Å². The lowest BCUT2D eigenvalue weighted by Gasteiger charge is -2.35. The normalized spacial score (nSPS) is 15.4. The lowest BCUT2D eigenvalue weighted by Crippen LogP contribution is -2.43. The highest BCUT2D eigenvalue weighted by Gasteiger charge is 2.29. The second-order valence-electron chi connectivity index (χ2n) is 11.7. The first-order valence-electron chi connectivity index (χ1n) is 15.4. The third-order valence-electron chi connectivity index (χ3n) is 7.96. The molecule has 2 aromatic carbocycles. The third-order valence-corrected chi connectivity index (χ3v) is 8.48. The SMILES string of the molecule is COC(=O)Nc1ccc(-c2cc([C@H](C[C@@H]3CCCN(C(=O)C(C)C)C3)NC(=O)/C=C/c3cc(Cl)ccc3-n3cnnn3)nnc2Cl)cc1. The van der Waals surface area contributed by atoms with E-state index in [9.17, 15) is 14.4 Å². The van der Waals surface area contributed by atoms with Gasteiger partial charge in [0.2, 0.25) is 11.8 Å². The summed E-state index contributed by atoms with van der Waals surface area (Å²) < 4.78 is 6.14. The van der Waals surface area contributed by atoms with Crippen molar-refractivity contribution in [2.45, 2.75) is 39.2 Å². The fourth-order valence-electron chi connectivity index (χ4n) is 5.60. The van der Waals surface area contributed by atoms with Gasteiger partial charge in [0.15, 0.2) is 5.15 Å². The molecule has 0 aliphatic carbocycles. The smallest absolute Gasteiger partial charge is 0.411 e. The molecule has 2 N–H and O–H groups in total. The van der Waals surface area contributed by atoms with E-state index < -0.39 is 12.1 Å². The number of ether oxygens (including phenoxy) is 1. The van der Waals surface area contributed by atoms with Gasteiger partial charge in [-0.2, -0.15) is 9.78 Å². The highest BCUT2D eigenvalue weighted by atomic mass is 35.5. The highest BCUT2D eigenvalue weighted by molar-refractivity contribution is 6.32. The van der Waals surface area contributed by atoms with Crippen molar-refractivity contribution in [1.29, 1.82) is 0 Å². The Balaban J connectivity index is 1.42. The first-order chi connectivity index (χ1) is 23.1. The minimum Gasteiger partial charge on any atom is -0.453 e. The Bertz CT molecular complexity index is 1780. The predicted molar refractivity (Wildman–Crippen MR) is 181 cm³/mol. The number of hydrogen-bond donors (Lipinski definition) is 2. The van der Waals surface area contributed by atoms with Crippen molar-refractivity contribution in [3.8, 4) is 16.8 Å². The van der Waals surface area contributed by atoms with Gasteiger partial charge < -0.3 is 15.0 Å². The number of likely N-dealkylation sites (tertiary alicyclic amines) is 1. The first kappa shape index (κ1) is 34.5. The van der Waals surface area contributed by atoms with Crippen LogP contribution in [0.25, 0.3) is 22.9 Å². The number of nitrogens with one attached hydrogen (secondary N) is 2. The van der Waals surface area contributed by atoms with E-state index in [1.165, 1.54) is 24.2 Å². The zero-order valence-corrected chi connectivity index (χ0v) is 28.1. The molecule has 3 heterocycles. The summed E-state index contributed by atoms with van der Waals surface area (Å²) in [5, 5.41) is 26.3. The van der Waals surface area contributed by atoms with Crippen LogP contribution in [0.1, 0.15) is 50.4 Å². The van der Waals surface area contributed by atoms with E-state index in [2.05, 4.69) is 41.1 Å². The van der Waals surface area contributed by atoms with Crippen molar-refractivity contribution in [3.63, 3.8) is 0 Å². The molecule has 0 saturated carbocycles. The van der Waals surface area contributed by atoms with Crippen molar-refractivity contribution in [2.24, 2.45) is 11.8 Å². The van der Waals surface area contributed by atoms with Crippen LogP contribution < -0.4 is 10.6 Å². The summed E-state index contributed by atoms with van der Waals surface area (Å²) in [4.78, 5) is 39.8. The van der Waals surface area contributed by atoms with Gasteiger partial charge in [0.1, 0.15) is 6.33 Å². The molecule has 0 radical (unpaired) electrons. The Morgan fingerprint density at radius 3 is 2.58 bits per heavy atom. The molecule has 48 heavy (non-hydrogen) atoms. The number of amides is 3. The largest absolute Gasteiger partial charge is 0.453 e. The number of benzene rings is 2. The van der Waals surface area contributed by atoms with Crippen molar-refractivity contribution < 1.29 is 19.1 Å². The van der Waals surface area contributed by atoms with Crippen LogP contribution in [0.4, 0.5) is 10.5 Å². The summed E-state index contributed by atoms with van der Waals surface area (Å²) in [5.74, 6) is -0.250. The number of nitrogens with zero attached hydrogens (tertiary/aromatic N) is 7. The van der Waals surface area contributed by atoms with Crippen molar-refractivity contribution in [3.05, 3.63) is 82.4 Å². The molecule has 1 aliphatic heterocycles. The Morgan fingerprint density at radius 2 is 1.88 bits per heavy atom. The van der Waals surface area contributed by atoms with Gasteiger partial charge in [0, 0.05) is 46.9 Å². The summed E-state index contributed by atoms with van der Waals surface area (Å²) in [7, 11) is 1.29. The van der Waals surface area contributed by atoms with Crippen LogP contribution in [-0.4, -0.2) is 73.4 Å². The first-order valence-corrected chi connectivity index (χ1v) is 16.2. The van der Waals surface area contributed by atoms with Crippen molar-refractivity contribution in [2.75, 3.05) is 25.5 Å². The molecule has 0 spiro atoms. The van der Waals surface area contributed by atoms with E-state index in [1.807, 2.05) is 18.7 Å². The summed E-state index contributed by atoms with van der Waals surface area (Å²) in [6.45, 7) is 5.09. The Morgan fingerprint density at radius 1 is 1.08 bits per heavy atom. The van der Waals surface area contributed by atoms with Gasteiger partial charge in [-0.1, -0.05) is 49.2 Å². The number of rotatable bonds is 10. The number of carbonyl (C=O) groups excluding carboxylic acids is 3. The minimum atomic E-state index is -0.584. The maximum Gasteiger partial charge on any atom is 0.411 e. The van der Waals surface area contributed by atoms with Gasteiger partial charge in [-0.25, -0.2) is 4.79 Å². The molecule has 3 amide bonds. The van der Waals surface area contributed by atoms with Gasteiger partial charge in [0.05, 0.1) is 24.5 Å². The molecular formula is C33H35Cl2N9O4. The summed E-state index contributed by atoms with van der Waals surface area (Å²) in [5.41, 5.74) is 3.67. The molecule has 1 fully saturated rings. The third kappa shape index (κ3) is 8.72. The molecule has 1 saturated heterocycles. The predicted octanol–water partition coefficient (Wildman–Crippen LogP) is 5.76. The maximum absolute atomic E-state index is 13.5. The summed E-state index contributed by atoms with van der Waals surface area (Å²) in [6, 6.07) is 13.4. The Kier molecular flexibility index (Phi) is 11.3. The molecular weight excluding hydrogens is 657 g/mol. The van der Waals surface area contributed by atoms with E-state index in [4.69, 9.17) is 23.2 Å². The zero-order chi connectivity index (χ0) is 34.2. The van der Waals surface area contributed by atoms with E-state index >= 15 is 0 Å². The topological polar surface area (TPSA) is 157 Å². The molecule has 13 nitrogen and oxygen atoms in total. The fraction of sp³-hybridized carbons (Fsp3) is 0.333. The number of hydrogen-bond acceptors (Lipinski definition) is 9.